The zero-order chi connectivity index (χ0) is 14.5. The van der Waals surface area contributed by atoms with Crippen molar-refractivity contribution in [3.8, 4) is 0 Å². The van der Waals surface area contributed by atoms with Crippen LogP contribution in [0.15, 0.2) is 0 Å². The van der Waals surface area contributed by atoms with Crippen LogP contribution in [0.5, 0.6) is 0 Å². The zero-order valence-corrected chi connectivity index (χ0v) is 12.1. The number of alkyl halides is 3. The summed E-state index contributed by atoms with van der Waals surface area (Å²) in [6.45, 7) is 3.08. The smallest absolute Gasteiger partial charge is 0.317 e. The normalized spacial score (nSPS) is 24.6. The summed E-state index contributed by atoms with van der Waals surface area (Å²) in [6, 6.07) is 0.600. The predicted octanol–water partition coefficient (Wildman–Crippen LogP) is 1.94. The molecule has 0 bridgehead atoms. The molecule has 0 saturated carbocycles. The first-order valence-electron chi connectivity index (χ1n) is 6.94. The third-order valence-electron chi connectivity index (χ3n) is 3.96. The quantitative estimate of drug-likeness (QED) is 0.803. The number of hydrogen-bond acceptors (Lipinski definition) is 3. The van der Waals surface area contributed by atoms with E-state index in [4.69, 9.17) is 0 Å². The molecule has 1 N–H and O–H groups in total. The average molecular weight is 281 g/mol. The Hall–Kier alpha value is -0.330. The van der Waals surface area contributed by atoms with Crippen LogP contribution in [0, 0.1) is 0 Å². The van der Waals surface area contributed by atoms with Gasteiger partial charge in [0.25, 0.3) is 0 Å². The molecule has 0 radical (unpaired) electrons. The van der Waals surface area contributed by atoms with Crippen molar-refractivity contribution >= 4 is 0 Å². The molecule has 0 aromatic rings. The molecule has 19 heavy (non-hydrogen) atoms. The van der Waals surface area contributed by atoms with Crippen molar-refractivity contribution < 1.29 is 13.2 Å². The Morgan fingerprint density at radius 2 is 1.95 bits per heavy atom. The number of hydrogen-bond donors (Lipinski definition) is 1. The highest BCUT2D eigenvalue weighted by atomic mass is 19.4. The second-order valence-electron chi connectivity index (χ2n) is 5.63. The highest BCUT2D eigenvalue weighted by Crippen LogP contribution is 2.23. The fourth-order valence-corrected chi connectivity index (χ4v) is 2.61. The van der Waals surface area contributed by atoms with E-state index in [9.17, 15) is 13.2 Å². The molecule has 0 amide bonds. The van der Waals surface area contributed by atoms with Gasteiger partial charge in [-0.1, -0.05) is 0 Å². The molecule has 1 aliphatic heterocycles. The Labute approximate surface area is 114 Å². The molecule has 0 aliphatic carbocycles. The number of nitrogens with zero attached hydrogens (tertiary/aromatic N) is 2. The molecule has 2 atom stereocenters. The number of piperazine rings is 1. The minimum absolute atomic E-state index is 0.168. The molecule has 114 valence electrons. The van der Waals surface area contributed by atoms with Gasteiger partial charge in [0.15, 0.2) is 0 Å². The summed E-state index contributed by atoms with van der Waals surface area (Å²) >= 11 is 0. The van der Waals surface area contributed by atoms with Crippen LogP contribution in [0.25, 0.3) is 0 Å². The van der Waals surface area contributed by atoms with Crippen molar-refractivity contribution in [1.29, 1.82) is 0 Å². The van der Waals surface area contributed by atoms with E-state index in [-0.39, 0.29) is 12.5 Å². The molecule has 6 heteroatoms. The molecule has 0 aromatic heterocycles. The third-order valence-corrected chi connectivity index (χ3v) is 3.96. The number of rotatable bonds is 6. The molecule has 1 aliphatic rings. The maximum absolute atomic E-state index is 12.1. The monoisotopic (exact) mass is 281 g/mol. The molecule has 2 unspecified atom stereocenters. The van der Waals surface area contributed by atoms with Crippen LogP contribution < -0.4 is 5.32 Å². The van der Waals surface area contributed by atoms with Gasteiger partial charge in [0, 0.05) is 38.1 Å². The zero-order valence-electron chi connectivity index (χ0n) is 12.1. The summed E-state index contributed by atoms with van der Waals surface area (Å²) in [5.74, 6) is 0. The van der Waals surface area contributed by atoms with Gasteiger partial charge in [-0.15, -0.1) is 0 Å². The summed E-state index contributed by atoms with van der Waals surface area (Å²) in [7, 11) is 6.03. The summed E-state index contributed by atoms with van der Waals surface area (Å²) in [4.78, 5) is 4.60. The lowest BCUT2D eigenvalue weighted by Gasteiger charge is -2.39. The van der Waals surface area contributed by atoms with E-state index in [0.717, 1.165) is 26.1 Å². The summed E-state index contributed by atoms with van der Waals surface area (Å²) < 4.78 is 36.4. The van der Waals surface area contributed by atoms with Crippen LogP contribution in [-0.4, -0.2) is 68.8 Å². The summed E-state index contributed by atoms with van der Waals surface area (Å²) in [5.41, 5.74) is 0. The summed E-state index contributed by atoms with van der Waals surface area (Å²) in [5, 5.41) is 3.16. The average Bonchev–Trinajstić information content (AvgIpc) is 2.30. The van der Waals surface area contributed by atoms with Gasteiger partial charge < -0.3 is 15.1 Å². The first-order chi connectivity index (χ1) is 8.81. The molecular formula is C13H26F3N3. The lowest BCUT2D eigenvalue weighted by Crippen LogP contribution is -2.52. The van der Waals surface area contributed by atoms with Crippen LogP contribution in [0.2, 0.25) is 0 Å². The molecule has 0 aromatic carbocycles. The lowest BCUT2D eigenvalue weighted by molar-refractivity contribution is -0.135. The molecular weight excluding hydrogens is 255 g/mol. The highest BCUT2D eigenvalue weighted by Gasteiger charge is 2.28. The van der Waals surface area contributed by atoms with E-state index >= 15 is 0 Å². The Kier molecular flexibility index (Phi) is 6.56. The van der Waals surface area contributed by atoms with E-state index in [2.05, 4.69) is 29.2 Å². The van der Waals surface area contributed by atoms with Crippen LogP contribution in [0.4, 0.5) is 13.2 Å². The van der Waals surface area contributed by atoms with Gasteiger partial charge in [0.05, 0.1) is 0 Å². The van der Waals surface area contributed by atoms with E-state index in [1.54, 1.807) is 0 Å². The minimum atomic E-state index is -4.03. The summed E-state index contributed by atoms with van der Waals surface area (Å²) in [6.07, 6.45) is -2.99. The van der Waals surface area contributed by atoms with Crippen molar-refractivity contribution in [3.63, 3.8) is 0 Å². The van der Waals surface area contributed by atoms with Crippen LogP contribution in [-0.2, 0) is 0 Å². The maximum atomic E-state index is 12.1. The SMILES string of the molecule is CNC(CCCC(F)(F)F)CC1CN(C)CCN1C. The Morgan fingerprint density at radius 1 is 1.26 bits per heavy atom. The fraction of sp³-hybridized carbons (Fsp3) is 1.00. The molecule has 0 spiro atoms. The predicted molar refractivity (Wildman–Crippen MR) is 71.3 cm³/mol. The van der Waals surface area contributed by atoms with E-state index in [1.807, 2.05) is 7.05 Å². The fourth-order valence-electron chi connectivity index (χ4n) is 2.61. The lowest BCUT2D eigenvalue weighted by atomic mass is 9.99. The van der Waals surface area contributed by atoms with E-state index in [0.29, 0.717) is 12.5 Å². The standard InChI is InChI=1S/C13H26F3N3/c1-17-11(5-4-6-13(14,15)16)9-12-10-18(2)7-8-19(12)3/h11-12,17H,4-10H2,1-3H3. The van der Waals surface area contributed by atoms with Gasteiger partial charge >= 0.3 is 6.18 Å². The van der Waals surface area contributed by atoms with Crippen molar-refractivity contribution in [2.75, 3.05) is 40.8 Å². The van der Waals surface area contributed by atoms with Gasteiger partial charge in [-0.05, 0) is 40.4 Å². The largest absolute Gasteiger partial charge is 0.389 e. The number of halogens is 3. The van der Waals surface area contributed by atoms with Crippen molar-refractivity contribution in [2.45, 2.75) is 43.9 Å². The molecule has 3 nitrogen and oxygen atoms in total. The second kappa shape index (κ2) is 7.45. The molecule has 1 saturated heterocycles. The van der Waals surface area contributed by atoms with Gasteiger partial charge in [0.2, 0.25) is 0 Å². The van der Waals surface area contributed by atoms with E-state index in [1.165, 1.54) is 0 Å². The van der Waals surface area contributed by atoms with Gasteiger partial charge in [-0.25, -0.2) is 0 Å². The van der Waals surface area contributed by atoms with E-state index < -0.39 is 12.6 Å². The van der Waals surface area contributed by atoms with Gasteiger partial charge in [-0.3, -0.25) is 0 Å². The Morgan fingerprint density at radius 3 is 2.53 bits per heavy atom. The van der Waals surface area contributed by atoms with Crippen LogP contribution in [0.1, 0.15) is 25.7 Å². The van der Waals surface area contributed by atoms with Gasteiger partial charge in [-0.2, -0.15) is 13.2 Å². The third kappa shape index (κ3) is 6.58. The van der Waals surface area contributed by atoms with Crippen molar-refractivity contribution in [3.05, 3.63) is 0 Å². The number of nitrogens with one attached hydrogen (secondary N) is 1. The van der Waals surface area contributed by atoms with Crippen molar-refractivity contribution in [2.24, 2.45) is 0 Å². The van der Waals surface area contributed by atoms with Crippen LogP contribution in [0.3, 0.4) is 0 Å². The van der Waals surface area contributed by atoms with Gasteiger partial charge in [0.1, 0.15) is 0 Å². The Bertz CT molecular complexity index is 258. The second-order valence-corrected chi connectivity index (χ2v) is 5.63. The first-order valence-corrected chi connectivity index (χ1v) is 6.94. The minimum Gasteiger partial charge on any atom is -0.317 e. The number of likely N-dealkylation sites (N-methyl/N-ethyl adjacent to an activating group) is 2. The molecule has 1 rings (SSSR count). The molecule has 1 fully saturated rings. The van der Waals surface area contributed by atoms with Crippen LogP contribution >= 0.6 is 0 Å². The first kappa shape index (κ1) is 16.7. The van der Waals surface area contributed by atoms with Crippen molar-refractivity contribution in [1.82, 2.24) is 15.1 Å². The topological polar surface area (TPSA) is 18.5 Å². The Balaban J connectivity index is 2.34. The highest BCUT2D eigenvalue weighted by molar-refractivity contribution is 4.83. The molecule has 1 heterocycles. The maximum Gasteiger partial charge on any atom is 0.389 e.